The van der Waals surface area contributed by atoms with Gasteiger partial charge in [0.2, 0.25) is 5.95 Å². The predicted molar refractivity (Wildman–Crippen MR) is 151 cm³/mol. The molecule has 1 fully saturated rings. The number of benzene rings is 1. The van der Waals surface area contributed by atoms with Gasteiger partial charge in [-0.2, -0.15) is 4.98 Å². The number of hydrogen-bond donors (Lipinski definition) is 2. The van der Waals surface area contributed by atoms with Gasteiger partial charge in [-0.1, -0.05) is 30.3 Å². The molecule has 1 aromatic carbocycles. The van der Waals surface area contributed by atoms with E-state index < -0.39 is 0 Å². The first-order chi connectivity index (χ1) is 18.8. The van der Waals surface area contributed by atoms with E-state index in [0.29, 0.717) is 12.5 Å². The molecule has 1 unspecified atom stereocenters. The smallest absolute Gasteiger partial charge is 0.243 e. The summed E-state index contributed by atoms with van der Waals surface area (Å²) in [7, 11) is 0. The molecular formula is C30H33N7O. The molecule has 2 N–H and O–H groups in total. The first-order valence-electron chi connectivity index (χ1n) is 13.4. The number of aromatic nitrogens is 4. The maximum absolute atomic E-state index is 5.97. The molecular weight excluding hydrogens is 474 g/mol. The summed E-state index contributed by atoms with van der Waals surface area (Å²) < 4.78 is 7.87. The molecule has 0 amide bonds. The molecule has 8 heteroatoms. The van der Waals surface area contributed by atoms with Crippen LogP contribution in [0.25, 0.3) is 16.9 Å². The number of anilines is 2. The van der Waals surface area contributed by atoms with E-state index in [2.05, 4.69) is 75.1 Å². The molecule has 1 atom stereocenters. The standard InChI is InChI=1S/C30H33N7O/c1-2-17-36(16-1)18-19-38-27-13-11-25(12-14-27)33-30-34-29-10-4-9-28(37(29)35-30)24-7-3-8-26(20-24)32-22-23-6-5-15-31-21-23/h3-11,13-15,20-21,25,32H,1-2,12,16-19,22H2,(H,33,35). The van der Waals surface area contributed by atoms with E-state index in [1.165, 1.54) is 25.9 Å². The molecule has 8 nitrogen and oxygen atoms in total. The van der Waals surface area contributed by atoms with Crippen LogP contribution in [0.1, 0.15) is 24.8 Å². The Bertz CT molecular complexity index is 1420. The largest absolute Gasteiger partial charge is 0.493 e. The maximum atomic E-state index is 5.97. The van der Waals surface area contributed by atoms with Gasteiger partial charge in [-0.15, -0.1) is 5.10 Å². The van der Waals surface area contributed by atoms with Crippen LogP contribution in [0.2, 0.25) is 0 Å². The maximum Gasteiger partial charge on any atom is 0.243 e. The van der Waals surface area contributed by atoms with Crippen LogP contribution in [0, 0.1) is 0 Å². The quantitative estimate of drug-likeness (QED) is 0.308. The number of nitrogens with zero attached hydrogens (tertiary/aromatic N) is 5. The number of pyridine rings is 2. The van der Waals surface area contributed by atoms with Gasteiger partial charge in [0, 0.05) is 36.7 Å². The highest BCUT2D eigenvalue weighted by Gasteiger charge is 2.15. The third-order valence-electron chi connectivity index (χ3n) is 6.99. The van der Waals surface area contributed by atoms with Gasteiger partial charge in [0.25, 0.3) is 0 Å². The van der Waals surface area contributed by atoms with Crippen LogP contribution in [0.3, 0.4) is 0 Å². The van der Waals surface area contributed by atoms with Crippen molar-refractivity contribution in [3.63, 3.8) is 0 Å². The Morgan fingerprint density at radius 1 is 1.03 bits per heavy atom. The molecule has 4 heterocycles. The van der Waals surface area contributed by atoms with Gasteiger partial charge >= 0.3 is 0 Å². The molecule has 194 valence electrons. The van der Waals surface area contributed by atoms with Crippen molar-refractivity contribution >= 4 is 17.3 Å². The normalized spacial score (nSPS) is 17.5. The molecule has 0 radical (unpaired) electrons. The number of hydrogen-bond acceptors (Lipinski definition) is 7. The van der Waals surface area contributed by atoms with Crippen LogP contribution in [0.4, 0.5) is 11.6 Å². The van der Waals surface area contributed by atoms with Gasteiger partial charge in [0.05, 0.1) is 11.7 Å². The van der Waals surface area contributed by atoms with Crippen molar-refractivity contribution in [2.45, 2.75) is 31.8 Å². The Morgan fingerprint density at radius 3 is 2.79 bits per heavy atom. The lowest BCUT2D eigenvalue weighted by molar-refractivity contribution is 0.178. The topological polar surface area (TPSA) is 79.6 Å². The molecule has 1 aliphatic carbocycles. The van der Waals surface area contributed by atoms with E-state index in [9.17, 15) is 0 Å². The molecule has 38 heavy (non-hydrogen) atoms. The highest BCUT2D eigenvalue weighted by atomic mass is 16.5. The molecule has 4 aromatic rings. The molecule has 0 bridgehead atoms. The summed E-state index contributed by atoms with van der Waals surface area (Å²) in [6.07, 6.45) is 13.5. The number of nitrogens with one attached hydrogen (secondary N) is 2. The summed E-state index contributed by atoms with van der Waals surface area (Å²) >= 11 is 0. The van der Waals surface area contributed by atoms with Crippen LogP contribution in [-0.2, 0) is 11.3 Å². The Hall–Kier alpha value is -4.17. The summed E-state index contributed by atoms with van der Waals surface area (Å²) in [5.74, 6) is 1.56. The van der Waals surface area contributed by atoms with Crippen LogP contribution in [0.15, 0.2) is 91.0 Å². The molecule has 6 rings (SSSR count). The SMILES string of the molecule is C1=CC(Nc2nc3cccc(-c4cccc(NCc5cccnc5)c4)n3n2)CC=C1OCCN1CCCC1. The van der Waals surface area contributed by atoms with Crippen molar-refractivity contribution in [1.82, 2.24) is 24.5 Å². The van der Waals surface area contributed by atoms with Gasteiger partial charge < -0.3 is 15.4 Å². The second kappa shape index (κ2) is 11.5. The Morgan fingerprint density at radius 2 is 1.95 bits per heavy atom. The van der Waals surface area contributed by atoms with Crippen molar-refractivity contribution in [3.05, 3.63) is 96.5 Å². The number of allylic oxidation sites excluding steroid dienone is 1. The van der Waals surface area contributed by atoms with Crippen molar-refractivity contribution in [3.8, 4) is 11.3 Å². The lowest BCUT2D eigenvalue weighted by atomic mass is 10.1. The molecule has 1 aliphatic heterocycles. The first-order valence-corrected chi connectivity index (χ1v) is 13.4. The number of likely N-dealkylation sites (tertiary alicyclic amines) is 1. The minimum atomic E-state index is 0.127. The van der Waals surface area contributed by atoms with Gasteiger partial charge in [-0.3, -0.25) is 9.88 Å². The zero-order chi connectivity index (χ0) is 25.6. The summed E-state index contributed by atoms with van der Waals surface area (Å²) in [5.41, 5.74) is 5.04. The van der Waals surface area contributed by atoms with Crippen molar-refractivity contribution < 1.29 is 4.74 Å². The highest BCUT2D eigenvalue weighted by Crippen LogP contribution is 2.25. The second-order valence-electron chi connectivity index (χ2n) is 9.76. The molecule has 2 aliphatic rings. The van der Waals surface area contributed by atoms with Gasteiger partial charge in [-0.05, 0) is 80.4 Å². The molecule has 0 spiro atoms. The third-order valence-corrected chi connectivity index (χ3v) is 6.99. The van der Waals surface area contributed by atoms with E-state index in [-0.39, 0.29) is 6.04 Å². The lowest BCUT2D eigenvalue weighted by Gasteiger charge is -2.19. The monoisotopic (exact) mass is 507 g/mol. The van der Waals surface area contributed by atoms with Gasteiger partial charge in [-0.25, -0.2) is 4.52 Å². The lowest BCUT2D eigenvalue weighted by Crippen LogP contribution is -2.24. The average molecular weight is 508 g/mol. The van der Waals surface area contributed by atoms with Gasteiger partial charge in [0.1, 0.15) is 12.4 Å². The number of rotatable bonds is 10. The fourth-order valence-corrected chi connectivity index (χ4v) is 4.96. The fraction of sp³-hybridized carbons (Fsp3) is 0.300. The van der Waals surface area contributed by atoms with Crippen molar-refractivity contribution in [1.29, 1.82) is 0 Å². The average Bonchev–Trinajstić information content (AvgIpc) is 3.63. The highest BCUT2D eigenvalue weighted by molar-refractivity contribution is 5.68. The van der Waals surface area contributed by atoms with Crippen molar-refractivity contribution in [2.24, 2.45) is 0 Å². The molecule has 0 saturated carbocycles. The Kier molecular flexibility index (Phi) is 7.31. The third kappa shape index (κ3) is 5.86. The summed E-state index contributed by atoms with van der Waals surface area (Å²) in [6, 6.07) is 18.6. The first kappa shape index (κ1) is 24.2. The van der Waals surface area contributed by atoms with E-state index >= 15 is 0 Å². The summed E-state index contributed by atoms with van der Waals surface area (Å²) in [4.78, 5) is 11.4. The van der Waals surface area contributed by atoms with E-state index in [1.54, 1.807) is 6.20 Å². The van der Waals surface area contributed by atoms with Crippen LogP contribution >= 0.6 is 0 Å². The number of fused-ring (bicyclic) bond motifs is 1. The fourth-order valence-electron chi connectivity index (χ4n) is 4.96. The summed E-state index contributed by atoms with van der Waals surface area (Å²) in [6.45, 7) is 4.86. The van der Waals surface area contributed by atoms with E-state index in [4.69, 9.17) is 14.8 Å². The van der Waals surface area contributed by atoms with Crippen LogP contribution in [-0.4, -0.2) is 56.8 Å². The molecule has 3 aromatic heterocycles. The zero-order valence-corrected chi connectivity index (χ0v) is 21.5. The Balaban J connectivity index is 1.09. The van der Waals surface area contributed by atoms with E-state index in [1.807, 2.05) is 28.9 Å². The number of ether oxygens (including phenoxy) is 1. The minimum absolute atomic E-state index is 0.127. The van der Waals surface area contributed by atoms with E-state index in [0.717, 1.165) is 53.5 Å². The summed E-state index contributed by atoms with van der Waals surface area (Å²) in [5, 5.41) is 11.7. The zero-order valence-electron chi connectivity index (χ0n) is 21.5. The molecule has 1 saturated heterocycles. The predicted octanol–water partition coefficient (Wildman–Crippen LogP) is 5.14. The van der Waals surface area contributed by atoms with Crippen LogP contribution in [0.5, 0.6) is 0 Å². The van der Waals surface area contributed by atoms with Crippen molar-refractivity contribution in [2.75, 3.05) is 36.9 Å². The Labute approximate surface area is 223 Å². The second-order valence-corrected chi connectivity index (χ2v) is 9.76. The minimum Gasteiger partial charge on any atom is -0.493 e. The van der Waals surface area contributed by atoms with Gasteiger partial charge in [0.15, 0.2) is 5.65 Å². The van der Waals surface area contributed by atoms with Crippen LogP contribution < -0.4 is 10.6 Å².